The number of nitrogens with one attached hydrogen (secondary N) is 1. The van der Waals surface area contributed by atoms with Crippen molar-refractivity contribution in [2.45, 2.75) is 12.5 Å². The number of benzene rings is 1. The van der Waals surface area contributed by atoms with Gasteiger partial charge >= 0.3 is 0 Å². The summed E-state index contributed by atoms with van der Waals surface area (Å²) in [6.45, 7) is 3.53. The van der Waals surface area contributed by atoms with Gasteiger partial charge in [0, 0.05) is 10.2 Å². The molecule has 0 heterocycles. The number of hydrogen-bond donors (Lipinski definition) is 2. The Bertz CT molecular complexity index is 409. The number of nitrogens with two attached hydrogens (primary N) is 1. The number of halogens is 2. The molecule has 1 atom stereocenters. The van der Waals surface area contributed by atoms with E-state index < -0.39 is 6.04 Å². The summed E-state index contributed by atoms with van der Waals surface area (Å²) in [5.74, 6) is -0.242. The van der Waals surface area contributed by atoms with Crippen LogP contribution in [0.5, 0.6) is 0 Å². The number of hydrogen-bond acceptors (Lipinski definition) is 2. The van der Waals surface area contributed by atoms with E-state index >= 15 is 0 Å². The molecule has 1 aromatic rings. The predicted octanol–water partition coefficient (Wildman–Crippen LogP) is 2.94. The van der Waals surface area contributed by atoms with E-state index in [1.807, 2.05) is 0 Å². The lowest BCUT2D eigenvalue weighted by Gasteiger charge is -2.10. The lowest BCUT2D eigenvalue weighted by Crippen LogP contribution is -2.35. The molecule has 0 aliphatic heterocycles. The van der Waals surface area contributed by atoms with Crippen LogP contribution in [0.25, 0.3) is 0 Å². The third kappa shape index (κ3) is 3.63. The van der Waals surface area contributed by atoms with Crippen molar-refractivity contribution < 1.29 is 4.79 Å². The molecule has 0 aromatic heterocycles. The van der Waals surface area contributed by atoms with Gasteiger partial charge in [-0.1, -0.05) is 17.7 Å². The molecule has 3 N–H and O–H groups in total. The minimum atomic E-state index is -0.577. The maximum absolute atomic E-state index is 11.6. The molecule has 0 saturated carbocycles. The summed E-state index contributed by atoms with van der Waals surface area (Å²) in [5, 5.41) is 3.29. The molecule has 1 aromatic carbocycles. The van der Waals surface area contributed by atoms with E-state index in [1.165, 1.54) is 0 Å². The Hall–Kier alpha value is -0.840. The monoisotopic (exact) mass is 302 g/mol. The second-order valence-corrected chi connectivity index (χ2v) is 4.51. The Labute approximate surface area is 108 Å². The van der Waals surface area contributed by atoms with Gasteiger partial charge in [0.15, 0.2) is 0 Å². The first-order valence-corrected chi connectivity index (χ1v) is 5.84. The largest absolute Gasteiger partial charge is 0.325 e. The Kier molecular flexibility index (Phi) is 4.99. The second kappa shape index (κ2) is 6.03. The lowest BCUT2D eigenvalue weighted by atomic mass is 10.2. The maximum atomic E-state index is 11.6. The number of carbonyl (C=O) groups excluding carboxylic acids is 1. The fourth-order valence-corrected chi connectivity index (χ4v) is 1.59. The van der Waals surface area contributed by atoms with Gasteiger partial charge in [0.05, 0.1) is 11.1 Å². The maximum Gasteiger partial charge on any atom is 0.241 e. The third-order valence-corrected chi connectivity index (χ3v) is 3.16. The summed E-state index contributed by atoms with van der Waals surface area (Å²) < 4.78 is 0.726. The Morgan fingerprint density at radius 1 is 1.69 bits per heavy atom. The standard InChI is InChI=1S/C11H12BrClN2O/c1-2-3-10(14)11(16)15-7-4-5-9(13)8(12)6-7/h2,4-6,10H,1,3,14H2,(H,15,16). The molecule has 0 saturated heterocycles. The van der Waals surface area contributed by atoms with Crippen LogP contribution in [0.1, 0.15) is 6.42 Å². The summed E-state index contributed by atoms with van der Waals surface area (Å²) >= 11 is 9.11. The van der Waals surface area contributed by atoms with Crippen LogP contribution in [0.3, 0.4) is 0 Å². The third-order valence-electron chi connectivity index (χ3n) is 1.94. The topological polar surface area (TPSA) is 55.1 Å². The molecule has 0 fully saturated rings. The van der Waals surface area contributed by atoms with E-state index in [0.29, 0.717) is 17.1 Å². The zero-order chi connectivity index (χ0) is 12.1. The van der Waals surface area contributed by atoms with Crippen molar-refractivity contribution in [3.63, 3.8) is 0 Å². The van der Waals surface area contributed by atoms with Crippen LogP contribution in [-0.4, -0.2) is 11.9 Å². The summed E-state index contributed by atoms with van der Waals surface area (Å²) in [4.78, 5) is 11.6. The van der Waals surface area contributed by atoms with E-state index in [-0.39, 0.29) is 5.91 Å². The van der Waals surface area contributed by atoms with E-state index in [4.69, 9.17) is 17.3 Å². The predicted molar refractivity (Wildman–Crippen MR) is 70.6 cm³/mol. The summed E-state index contributed by atoms with van der Waals surface area (Å²) in [6, 6.07) is 4.55. The van der Waals surface area contributed by atoms with E-state index in [2.05, 4.69) is 27.8 Å². The molecule has 1 unspecified atom stereocenters. The highest BCUT2D eigenvalue weighted by molar-refractivity contribution is 9.10. The quantitative estimate of drug-likeness (QED) is 0.840. The molecular weight excluding hydrogens is 291 g/mol. The van der Waals surface area contributed by atoms with Gasteiger partial charge in [-0.2, -0.15) is 0 Å². The fraction of sp³-hybridized carbons (Fsp3) is 0.182. The van der Waals surface area contributed by atoms with Crippen molar-refractivity contribution in [3.05, 3.63) is 40.3 Å². The van der Waals surface area contributed by atoms with Gasteiger partial charge in [0.2, 0.25) is 5.91 Å². The first kappa shape index (κ1) is 13.2. The Balaban J connectivity index is 2.69. The first-order chi connectivity index (χ1) is 7.54. The molecule has 0 aliphatic rings. The average molecular weight is 304 g/mol. The van der Waals surface area contributed by atoms with Crippen LogP contribution < -0.4 is 11.1 Å². The van der Waals surface area contributed by atoms with Gasteiger partial charge in [-0.05, 0) is 40.5 Å². The second-order valence-electron chi connectivity index (χ2n) is 3.25. The molecular formula is C11H12BrClN2O. The van der Waals surface area contributed by atoms with Crippen LogP contribution in [0.15, 0.2) is 35.3 Å². The molecule has 1 rings (SSSR count). The molecule has 1 amide bonds. The molecule has 5 heteroatoms. The summed E-state index contributed by atoms with van der Waals surface area (Å²) in [5.41, 5.74) is 6.28. The first-order valence-electron chi connectivity index (χ1n) is 4.67. The number of amides is 1. The molecule has 86 valence electrons. The summed E-state index contributed by atoms with van der Waals surface area (Å²) in [6.07, 6.45) is 2.06. The van der Waals surface area contributed by atoms with Crippen LogP contribution in [0.4, 0.5) is 5.69 Å². The molecule has 0 spiro atoms. The fourth-order valence-electron chi connectivity index (χ4n) is 1.10. The van der Waals surface area contributed by atoms with Crippen LogP contribution in [0.2, 0.25) is 5.02 Å². The number of carbonyl (C=O) groups is 1. The lowest BCUT2D eigenvalue weighted by molar-refractivity contribution is -0.117. The van der Waals surface area contributed by atoms with Gasteiger partial charge in [0.25, 0.3) is 0 Å². The van der Waals surface area contributed by atoms with Gasteiger partial charge in [0.1, 0.15) is 0 Å². The van der Waals surface area contributed by atoms with Crippen molar-refractivity contribution in [1.29, 1.82) is 0 Å². The normalized spacial score (nSPS) is 11.9. The van der Waals surface area contributed by atoms with Gasteiger partial charge in [-0.3, -0.25) is 4.79 Å². The minimum Gasteiger partial charge on any atom is -0.325 e. The van der Waals surface area contributed by atoms with Crippen molar-refractivity contribution in [1.82, 2.24) is 0 Å². The molecule has 16 heavy (non-hydrogen) atoms. The molecule has 0 radical (unpaired) electrons. The van der Waals surface area contributed by atoms with Crippen molar-refractivity contribution in [2.24, 2.45) is 5.73 Å². The average Bonchev–Trinajstić information content (AvgIpc) is 2.24. The van der Waals surface area contributed by atoms with Gasteiger partial charge in [-0.25, -0.2) is 0 Å². The van der Waals surface area contributed by atoms with E-state index in [9.17, 15) is 4.79 Å². The van der Waals surface area contributed by atoms with E-state index in [0.717, 1.165) is 4.47 Å². The van der Waals surface area contributed by atoms with Crippen LogP contribution in [-0.2, 0) is 4.79 Å². The van der Waals surface area contributed by atoms with Crippen molar-refractivity contribution in [2.75, 3.05) is 5.32 Å². The van der Waals surface area contributed by atoms with Crippen molar-refractivity contribution in [3.8, 4) is 0 Å². The minimum absolute atomic E-state index is 0.242. The highest BCUT2D eigenvalue weighted by Gasteiger charge is 2.11. The van der Waals surface area contributed by atoms with Crippen molar-refractivity contribution >= 4 is 39.1 Å². The number of anilines is 1. The van der Waals surface area contributed by atoms with Gasteiger partial charge in [-0.15, -0.1) is 6.58 Å². The zero-order valence-electron chi connectivity index (χ0n) is 8.54. The highest BCUT2D eigenvalue weighted by Crippen LogP contribution is 2.25. The molecule has 3 nitrogen and oxygen atoms in total. The smallest absolute Gasteiger partial charge is 0.241 e. The SMILES string of the molecule is C=CCC(N)C(=O)Nc1ccc(Cl)c(Br)c1. The van der Waals surface area contributed by atoms with Gasteiger partial charge < -0.3 is 11.1 Å². The van der Waals surface area contributed by atoms with E-state index in [1.54, 1.807) is 24.3 Å². The zero-order valence-corrected chi connectivity index (χ0v) is 10.9. The number of rotatable bonds is 4. The van der Waals surface area contributed by atoms with Crippen LogP contribution in [0, 0.1) is 0 Å². The Morgan fingerprint density at radius 2 is 2.38 bits per heavy atom. The summed E-state index contributed by atoms with van der Waals surface area (Å²) in [7, 11) is 0. The molecule has 0 bridgehead atoms. The van der Waals surface area contributed by atoms with Crippen LogP contribution >= 0.6 is 27.5 Å². The highest BCUT2D eigenvalue weighted by atomic mass is 79.9. The Morgan fingerprint density at radius 3 is 2.94 bits per heavy atom. The molecule has 0 aliphatic carbocycles.